The van der Waals surface area contributed by atoms with Crippen molar-refractivity contribution in [1.29, 1.82) is 0 Å². The van der Waals surface area contributed by atoms with Crippen LogP contribution in [0.3, 0.4) is 0 Å². The summed E-state index contributed by atoms with van der Waals surface area (Å²) < 4.78 is 6.65. The van der Waals surface area contributed by atoms with E-state index in [0.717, 1.165) is 10.0 Å². The maximum atomic E-state index is 12.3. The average Bonchev–Trinajstić information content (AvgIpc) is 2.52. The van der Waals surface area contributed by atoms with E-state index in [-0.39, 0.29) is 11.9 Å². The molecule has 0 radical (unpaired) electrons. The summed E-state index contributed by atoms with van der Waals surface area (Å²) in [4.78, 5) is 12.3. The summed E-state index contributed by atoms with van der Waals surface area (Å²) in [5.74, 6) is 0.549. The Balaban J connectivity index is 1.96. The maximum absolute atomic E-state index is 12.3. The fraction of sp³-hybridized carbons (Fsp3) is 0.316. The minimum atomic E-state index is -0.551. The molecule has 23 heavy (non-hydrogen) atoms. The number of carbonyl (C=O) groups excluding carboxylic acids is 1. The lowest BCUT2D eigenvalue weighted by Gasteiger charge is -2.19. The van der Waals surface area contributed by atoms with Gasteiger partial charge < -0.3 is 10.1 Å². The van der Waals surface area contributed by atoms with Gasteiger partial charge in [0, 0.05) is 4.47 Å². The van der Waals surface area contributed by atoms with E-state index < -0.39 is 6.10 Å². The molecule has 0 saturated heterocycles. The van der Waals surface area contributed by atoms with Crippen molar-refractivity contribution in [3.63, 3.8) is 0 Å². The van der Waals surface area contributed by atoms with Gasteiger partial charge in [-0.25, -0.2) is 0 Å². The number of aryl methyl sites for hydroxylation is 2. The van der Waals surface area contributed by atoms with Crippen molar-refractivity contribution in [2.75, 3.05) is 0 Å². The fourth-order valence-electron chi connectivity index (χ4n) is 2.22. The van der Waals surface area contributed by atoms with Crippen LogP contribution in [0, 0.1) is 13.8 Å². The summed E-state index contributed by atoms with van der Waals surface area (Å²) in [6.45, 7) is 7.89. The molecule has 0 aliphatic heterocycles. The number of amides is 1. The van der Waals surface area contributed by atoms with Crippen LogP contribution in [-0.2, 0) is 4.79 Å². The molecule has 1 N–H and O–H groups in total. The van der Waals surface area contributed by atoms with Gasteiger partial charge in [0.1, 0.15) is 5.75 Å². The van der Waals surface area contributed by atoms with Crippen LogP contribution in [0.25, 0.3) is 0 Å². The Morgan fingerprint density at radius 2 is 1.70 bits per heavy atom. The SMILES string of the molecule is Cc1ccc([C@H](C)NC(=O)[C@@H](C)Oc2ccc(Br)cc2)cc1C. The van der Waals surface area contributed by atoms with Crippen molar-refractivity contribution >= 4 is 21.8 Å². The Morgan fingerprint density at radius 1 is 1.04 bits per heavy atom. The lowest BCUT2D eigenvalue weighted by Crippen LogP contribution is -2.37. The molecule has 0 heterocycles. The topological polar surface area (TPSA) is 38.3 Å². The van der Waals surface area contributed by atoms with Crippen molar-refractivity contribution in [3.05, 3.63) is 63.6 Å². The van der Waals surface area contributed by atoms with Crippen LogP contribution in [0.4, 0.5) is 0 Å². The van der Waals surface area contributed by atoms with Crippen molar-refractivity contribution in [3.8, 4) is 5.75 Å². The number of carbonyl (C=O) groups is 1. The highest BCUT2D eigenvalue weighted by Gasteiger charge is 2.18. The van der Waals surface area contributed by atoms with Gasteiger partial charge in [-0.05, 0) is 68.7 Å². The smallest absolute Gasteiger partial charge is 0.261 e. The van der Waals surface area contributed by atoms with E-state index in [1.807, 2.05) is 37.3 Å². The first kappa shape index (κ1) is 17.5. The number of hydrogen-bond acceptors (Lipinski definition) is 2. The van der Waals surface area contributed by atoms with E-state index >= 15 is 0 Å². The molecular formula is C19H22BrNO2. The third-order valence-corrected chi connectivity index (χ3v) is 4.41. The first-order valence-electron chi connectivity index (χ1n) is 7.66. The fourth-order valence-corrected chi connectivity index (χ4v) is 2.48. The summed E-state index contributed by atoms with van der Waals surface area (Å²) >= 11 is 3.38. The van der Waals surface area contributed by atoms with Crippen LogP contribution in [0.1, 0.15) is 36.6 Å². The average molecular weight is 376 g/mol. The van der Waals surface area contributed by atoms with Gasteiger partial charge in [0.2, 0.25) is 0 Å². The maximum Gasteiger partial charge on any atom is 0.261 e. The quantitative estimate of drug-likeness (QED) is 0.821. The highest BCUT2D eigenvalue weighted by atomic mass is 79.9. The Morgan fingerprint density at radius 3 is 2.30 bits per heavy atom. The van der Waals surface area contributed by atoms with Crippen LogP contribution in [0.5, 0.6) is 5.75 Å². The van der Waals surface area contributed by atoms with E-state index in [2.05, 4.69) is 47.2 Å². The molecule has 0 bridgehead atoms. The second kappa shape index (κ2) is 7.64. The Kier molecular flexibility index (Phi) is 5.83. The lowest BCUT2D eigenvalue weighted by molar-refractivity contribution is -0.127. The van der Waals surface area contributed by atoms with Gasteiger partial charge in [-0.3, -0.25) is 4.79 Å². The van der Waals surface area contributed by atoms with E-state index in [1.54, 1.807) is 6.92 Å². The molecule has 0 spiro atoms. The zero-order chi connectivity index (χ0) is 17.0. The predicted molar refractivity (Wildman–Crippen MR) is 96.7 cm³/mol. The van der Waals surface area contributed by atoms with Crippen LogP contribution < -0.4 is 10.1 Å². The molecule has 4 heteroatoms. The van der Waals surface area contributed by atoms with Gasteiger partial charge in [0.05, 0.1) is 6.04 Å². The number of halogens is 1. The minimum Gasteiger partial charge on any atom is -0.481 e. The molecule has 0 aromatic heterocycles. The van der Waals surface area contributed by atoms with E-state index in [1.165, 1.54) is 11.1 Å². The predicted octanol–water partition coefficient (Wildman–Crippen LogP) is 4.71. The van der Waals surface area contributed by atoms with Crippen molar-refractivity contribution in [2.24, 2.45) is 0 Å². The van der Waals surface area contributed by atoms with Gasteiger partial charge in [-0.2, -0.15) is 0 Å². The molecule has 2 rings (SSSR count). The molecule has 1 amide bonds. The Bertz CT molecular complexity index is 682. The van der Waals surface area contributed by atoms with Gasteiger partial charge in [-0.15, -0.1) is 0 Å². The molecule has 2 aromatic rings. The largest absolute Gasteiger partial charge is 0.481 e. The zero-order valence-electron chi connectivity index (χ0n) is 13.9. The number of rotatable bonds is 5. The Hall–Kier alpha value is -1.81. The summed E-state index contributed by atoms with van der Waals surface area (Å²) in [6, 6.07) is 13.6. The standard InChI is InChI=1S/C19H22BrNO2/c1-12-5-6-16(11-13(12)2)14(3)21-19(22)15(4)23-18-9-7-17(20)8-10-18/h5-11,14-15H,1-4H3,(H,21,22)/t14-,15+/m0/s1. The van der Waals surface area contributed by atoms with Gasteiger partial charge in [0.25, 0.3) is 5.91 Å². The van der Waals surface area contributed by atoms with Crippen molar-refractivity contribution < 1.29 is 9.53 Å². The molecule has 0 saturated carbocycles. The summed E-state index contributed by atoms with van der Waals surface area (Å²) in [7, 11) is 0. The zero-order valence-corrected chi connectivity index (χ0v) is 15.5. The van der Waals surface area contributed by atoms with Gasteiger partial charge in [-0.1, -0.05) is 34.1 Å². The molecular weight excluding hydrogens is 354 g/mol. The summed E-state index contributed by atoms with van der Waals surface area (Å²) in [6.07, 6.45) is -0.551. The molecule has 2 atom stereocenters. The first-order chi connectivity index (χ1) is 10.9. The highest BCUT2D eigenvalue weighted by molar-refractivity contribution is 9.10. The highest BCUT2D eigenvalue weighted by Crippen LogP contribution is 2.19. The van der Waals surface area contributed by atoms with Gasteiger partial charge in [0.15, 0.2) is 6.10 Å². The van der Waals surface area contributed by atoms with E-state index in [0.29, 0.717) is 5.75 Å². The number of benzene rings is 2. The molecule has 122 valence electrons. The van der Waals surface area contributed by atoms with Crippen LogP contribution >= 0.6 is 15.9 Å². The summed E-state index contributed by atoms with van der Waals surface area (Å²) in [5.41, 5.74) is 3.57. The molecule has 0 aliphatic rings. The van der Waals surface area contributed by atoms with Crippen LogP contribution in [-0.4, -0.2) is 12.0 Å². The van der Waals surface area contributed by atoms with Crippen molar-refractivity contribution in [2.45, 2.75) is 39.8 Å². The number of ether oxygens (including phenoxy) is 1. The lowest BCUT2D eigenvalue weighted by atomic mass is 10.0. The minimum absolute atomic E-state index is 0.0576. The van der Waals surface area contributed by atoms with E-state index in [9.17, 15) is 4.79 Å². The monoisotopic (exact) mass is 375 g/mol. The number of hydrogen-bond donors (Lipinski definition) is 1. The Labute approximate surface area is 146 Å². The van der Waals surface area contributed by atoms with Crippen LogP contribution in [0.2, 0.25) is 0 Å². The molecule has 0 aliphatic carbocycles. The molecule has 0 unspecified atom stereocenters. The second-order valence-electron chi connectivity index (χ2n) is 5.79. The third kappa shape index (κ3) is 4.83. The first-order valence-corrected chi connectivity index (χ1v) is 8.46. The van der Waals surface area contributed by atoms with Gasteiger partial charge >= 0.3 is 0 Å². The molecule has 2 aromatic carbocycles. The third-order valence-electron chi connectivity index (χ3n) is 3.89. The van der Waals surface area contributed by atoms with E-state index in [4.69, 9.17) is 4.74 Å². The number of nitrogens with one attached hydrogen (secondary N) is 1. The molecule has 0 fully saturated rings. The van der Waals surface area contributed by atoms with Crippen molar-refractivity contribution in [1.82, 2.24) is 5.32 Å². The summed E-state index contributed by atoms with van der Waals surface area (Å²) in [5, 5.41) is 3.00. The normalized spacial score (nSPS) is 13.3. The van der Waals surface area contributed by atoms with Crippen LogP contribution in [0.15, 0.2) is 46.9 Å². The second-order valence-corrected chi connectivity index (χ2v) is 6.70. The molecule has 3 nitrogen and oxygen atoms in total.